The molecule has 1 aliphatic heterocycles. The molecule has 1 amide bonds. The minimum absolute atomic E-state index is 0.281. The number of piperidine rings is 1. The molecule has 0 atom stereocenters. The lowest BCUT2D eigenvalue weighted by atomic mass is 10.1. The summed E-state index contributed by atoms with van der Waals surface area (Å²) in [5.74, 6) is 0.556. The first-order chi connectivity index (χ1) is 14.6. The molecule has 2 aromatic carbocycles. The van der Waals surface area contributed by atoms with E-state index in [-0.39, 0.29) is 11.7 Å². The number of amides is 1. The number of nitrogens with one attached hydrogen (secondary N) is 1. The van der Waals surface area contributed by atoms with Crippen molar-refractivity contribution in [2.75, 3.05) is 23.3 Å². The van der Waals surface area contributed by atoms with E-state index in [1.54, 1.807) is 36.4 Å². The van der Waals surface area contributed by atoms with E-state index in [1.807, 2.05) is 12.1 Å². The highest BCUT2D eigenvalue weighted by molar-refractivity contribution is 6.33. The SMILES string of the molecule is O=C(/C=C/c1ccc(-c2ccc(F)cc2)o1)Nc1ccc(N2CCCCC2)c(Cl)c1. The van der Waals surface area contributed by atoms with Gasteiger partial charge in [0.2, 0.25) is 5.91 Å². The molecule has 0 saturated carbocycles. The van der Waals surface area contributed by atoms with Crippen LogP contribution >= 0.6 is 11.6 Å². The number of halogens is 2. The molecule has 154 valence electrons. The highest BCUT2D eigenvalue weighted by Crippen LogP contribution is 2.31. The predicted octanol–water partition coefficient (Wildman–Crippen LogP) is 6.38. The fourth-order valence-corrected chi connectivity index (χ4v) is 3.83. The summed E-state index contributed by atoms with van der Waals surface area (Å²) >= 11 is 6.44. The Hall–Kier alpha value is -3.05. The van der Waals surface area contributed by atoms with Gasteiger partial charge < -0.3 is 14.6 Å². The zero-order valence-electron chi connectivity index (χ0n) is 16.4. The lowest BCUT2D eigenvalue weighted by molar-refractivity contribution is -0.111. The summed E-state index contributed by atoms with van der Waals surface area (Å²) in [6, 6.07) is 15.2. The molecule has 30 heavy (non-hydrogen) atoms. The Bertz CT molecular complexity index is 1050. The van der Waals surface area contributed by atoms with Crippen LogP contribution in [0.5, 0.6) is 0 Å². The first-order valence-corrected chi connectivity index (χ1v) is 10.4. The average molecular weight is 425 g/mol. The second kappa shape index (κ2) is 9.18. The van der Waals surface area contributed by atoms with E-state index in [1.165, 1.54) is 37.5 Å². The van der Waals surface area contributed by atoms with Crippen molar-refractivity contribution in [1.82, 2.24) is 0 Å². The minimum Gasteiger partial charge on any atom is -0.457 e. The highest BCUT2D eigenvalue weighted by Gasteiger charge is 2.14. The number of rotatable bonds is 5. The van der Waals surface area contributed by atoms with Crippen molar-refractivity contribution in [2.45, 2.75) is 19.3 Å². The van der Waals surface area contributed by atoms with Gasteiger partial charge in [0, 0.05) is 30.4 Å². The molecule has 1 fully saturated rings. The van der Waals surface area contributed by atoms with Gasteiger partial charge in [0.05, 0.1) is 10.7 Å². The van der Waals surface area contributed by atoms with Gasteiger partial charge in [-0.05, 0) is 79.9 Å². The van der Waals surface area contributed by atoms with Gasteiger partial charge in [-0.2, -0.15) is 0 Å². The molecule has 0 unspecified atom stereocenters. The van der Waals surface area contributed by atoms with Gasteiger partial charge in [0.25, 0.3) is 0 Å². The Labute approximate surface area is 180 Å². The Morgan fingerprint density at radius 2 is 1.80 bits per heavy atom. The van der Waals surface area contributed by atoms with Crippen LogP contribution in [-0.2, 0) is 4.79 Å². The normalized spacial score (nSPS) is 14.3. The van der Waals surface area contributed by atoms with E-state index >= 15 is 0 Å². The van der Waals surface area contributed by atoms with E-state index in [4.69, 9.17) is 16.0 Å². The summed E-state index contributed by atoms with van der Waals surface area (Å²) in [6.45, 7) is 2.02. The monoisotopic (exact) mass is 424 g/mol. The van der Waals surface area contributed by atoms with E-state index in [2.05, 4.69) is 10.2 Å². The fourth-order valence-electron chi connectivity index (χ4n) is 3.53. The van der Waals surface area contributed by atoms with Gasteiger partial charge in [0.15, 0.2) is 0 Å². The molecule has 0 bridgehead atoms. The zero-order valence-corrected chi connectivity index (χ0v) is 17.2. The van der Waals surface area contributed by atoms with E-state index in [0.717, 1.165) is 24.3 Å². The van der Waals surface area contributed by atoms with Gasteiger partial charge in [-0.25, -0.2) is 4.39 Å². The van der Waals surface area contributed by atoms with E-state index < -0.39 is 0 Å². The maximum atomic E-state index is 13.0. The van der Waals surface area contributed by atoms with Crippen molar-refractivity contribution in [2.24, 2.45) is 0 Å². The fraction of sp³-hybridized carbons (Fsp3) is 0.208. The van der Waals surface area contributed by atoms with Crippen molar-refractivity contribution in [1.29, 1.82) is 0 Å². The Balaban J connectivity index is 1.38. The molecule has 0 radical (unpaired) electrons. The molecule has 1 N–H and O–H groups in total. The third-order valence-corrected chi connectivity index (χ3v) is 5.37. The van der Waals surface area contributed by atoms with Crippen LogP contribution in [0.3, 0.4) is 0 Å². The number of furan rings is 1. The largest absolute Gasteiger partial charge is 0.457 e. The standard InChI is InChI=1S/C24H22ClFN2O2/c25-21-16-19(8-11-22(21)28-14-2-1-3-15-28)27-24(29)13-10-20-9-12-23(30-20)17-4-6-18(26)7-5-17/h4-13,16H,1-3,14-15H2,(H,27,29)/b13-10+. The van der Waals surface area contributed by atoms with Crippen LogP contribution in [0.25, 0.3) is 17.4 Å². The molecule has 2 heterocycles. The summed E-state index contributed by atoms with van der Waals surface area (Å²) in [4.78, 5) is 14.5. The molecular weight excluding hydrogens is 403 g/mol. The third kappa shape index (κ3) is 4.92. The highest BCUT2D eigenvalue weighted by atomic mass is 35.5. The first-order valence-electron chi connectivity index (χ1n) is 9.98. The van der Waals surface area contributed by atoms with Crippen LogP contribution in [0.1, 0.15) is 25.0 Å². The summed E-state index contributed by atoms with van der Waals surface area (Å²) in [5.41, 5.74) is 2.42. The summed E-state index contributed by atoms with van der Waals surface area (Å²) < 4.78 is 18.7. The van der Waals surface area contributed by atoms with Crippen molar-refractivity contribution in [3.05, 3.63) is 77.3 Å². The predicted molar refractivity (Wildman–Crippen MR) is 119 cm³/mol. The van der Waals surface area contributed by atoms with Crippen molar-refractivity contribution in [3.8, 4) is 11.3 Å². The number of hydrogen-bond acceptors (Lipinski definition) is 3. The van der Waals surface area contributed by atoms with Crippen LogP contribution in [0.15, 0.2) is 65.1 Å². The molecule has 1 aromatic heterocycles. The number of anilines is 2. The quantitative estimate of drug-likeness (QED) is 0.483. The molecule has 6 heteroatoms. The summed E-state index contributed by atoms with van der Waals surface area (Å²) in [5, 5.41) is 3.45. The number of hydrogen-bond donors (Lipinski definition) is 1. The number of carbonyl (C=O) groups excluding carboxylic acids is 1. The smallest absolute Gasteiger partial charge is 0.248 e. The molecule has 4 rings (SSSR count). The molecule has 4 nitrogen and oxygen atoms in total. The van der Waals surface area contributed by atoms with Crippen LogP contribution in [0, 0.1) is 5.82 Å². The average Bonchev–Trinajstić information content (AvgIpc) is 3.23. The van der Waals surface area contributed by atoms with Gasteiger partial charge in [-0.3, -0.25) is 4.79 Å². The number of nitrogens with zero attached hydrogens (tertiary/aromatic N) is 1. The molecule has 3 aromatic rings. The number of benzene rings is 2. The second-order valence-corrected chi connectivity index (χ2v) is 7.65. The van der Waals surface area contributed by atoms with Crippen molar-refractivity contribution < 1.29 is 13.6 Å². The summed E-state index contributed by atoms with van der Waals surface area (Å²) in [7, 11) is 0. The van der Waals surface area contributed by atoms with Gasteiger partial charge in [-0.15, -0.1) is 0 Å². The lowest BCUT2D eigenvalue weighted by Crippen LogP contribution is -2.29. The Morgan fingerprint density at radius 1 is 1.03 bits per heavy atom. The van der Waals surface area contributed by atoms with Crippen LogP contribution < -0.4 is 10.2 Å². The Kier molecular flexibility index (Phi) is 6.19. The minimum atomic E-state index is -0.300. The first kappa shape index (κ1) is 20.2. The molecule has 0 aliphatic carbocycles. The van der Waals surface area contributed by atoms with Crippen molar-refractivity contribution >= 4 is 35.0 Å². The lowest BCUT2D eigenvalue weighted by Gasteiger charge is -2.29. The molecule has 1 saturated heterocycles. The van der Waals surface area contributed by atoms with Gasteiger partial charge in [0.1, 0.15) is 17.3 Å². The third-order valence-electron chi connectivity index (χ3n) is 5.07. The van der Waals surface area contributed by atoms with Crippen LogP contribution in [0.4, 0.5) is 15.8 Å². The zero-order chi connectivity index (χ0) is 20.9. The van der Waals surface area contributed by atoms with E-state index in [9.17, 15) is 9.18 Å². The van der Waals surface area contributed by atoms with Crippen LogP contribution in [-0.4, -0.2) is 19.0 Å². The second-order valence-electron chi connectivity index (χ2n) is 7.25. The molecular formula is C24H22ClFN2O2. The van der Waals surface area contributed by atoms with Crippen molar-refractivity contribution in [3.63, 3.8) is 0 Å². The van der Waals surface area contributed by atoms with Gasteiger partial charge in [-0.1, -0.05) is 11.6 Å². The number of carbonyl (C=O) groups is 1. The maximum absolute atomic E-state index is 13.0. The Morgan fingerprint density at radius 3 is 2.53 bits per heavy atom. The maximum Gasteiger partial charge on any atom is 0.248 e. The molecule has 1 aliphatic rings. The van der Waals surface area contributed by atoms with E-state index in [0.29, 0.717) is 22.2 Å². The topological polar surface area (TPSA) is 45.5 Å². The van der Waals surface area contributed by atoms with Crippen LogP contribution in [0.2, 0.25) is 5.02 Å². The van der Waals surface area contributed by atoms with Gasteiger partial charge >= 0.3 is 0 Å². The molecule has 0 spiro atoms. The summed E-state index contributed by atoms with van der Waals surface area (Å²) in [6.07, 6.45) is 6.60.